The van der Waals surface area contributed by atoms with Gasteiger partial charge in [0.15, 0.2) is 0 Å². The van der Waals surface area contributed by atoms with Gasteiger partial charge in [0, 0.05) is 30.3 Å². The van der Waals surface area contributed by atoms with E-state index in [2.05, 4.69) is 19.9 Å². The summed E-state index contributed by atoms with van der Waals surface area (Å²) in [5.74, 6) is 0.989. The molecule has 0 aliphatic heterocycles. The van der Waals surface area contributed by atoms with E-state index < -0.39 is 6.10 Å². The second-order valence-electron chi connectivity index (χ2n) is 9.32. The van der Waals surface area contributed by atoms with Gasteiger partial charge in [-0.25, -0.2) is 0 Å². The molecule has 3 N–H and O–H groups in total. The Kier molecular flexibility index (Phi) is 4.47. The highest BCUT2D eigenvalue weighted by molar-refractivity contribution is 5.81. The number of allylic oxidation sites excluding steroid dienone is 1. The number of hydrogen-bond donors (Lipinski definition) is 3. The first-order valence-electron chi connectivity index (χ1n) is 9.32. The minimum absolute atomic E-state index is 0.0751. The Balaban J connectivity index is 1.97. The van der Waals surface area contributed by atoms with Crippen molar-refractivity contribution in [2.24, 2.45) is 28.1 Å². The van der Waals surface area contributed by atoms with E-state index in [0.29, 0.717) is 24.7 Å². The van der Waals surface area contributed by atoms with Gasteiger partial charge >= 0.3 is 0 Å². The van der Waals surface area contributed by atoms with Crippen LogP contribution in [0.2, 0.25) is 0 Å². The second-order valence-corrected chi connectivity index (χ2v) is 9.32. The molecule has 0 heterocycles. The third kappa shape index (κ3) is 2.58. The van der Waals surface area contributed by atoms with Crippen molar-refractivity contribution < 1.29 is 20.1 Å². The lowest BCUT2D eigenvalue weighted by molar-refractivity contribution is -0.145. The van der Waals surface area contributed by atoms with Crippen molar-refractivity contribution in [3.63, 3.8) is 0 Å². The highest BCUT2D eigenvalue weighted by Crippen LogP contribution is 2.63. The number of aliphatic hydroxyl groups is 3. The van der Waals surface area contributed by atoms with Crippen molar-refractivity contribution in [1.29, 1.82) is 0 Å². The normalized spacial score (nSPS) is 46.8. The van der Waals surface area contributed by atoms with Gasteiger partial charge in [-0.05, 0) is 42.9 Å². The maximum absolute atomic E-state index is 12.5. The van der Waals surface area contributed by atoms with Crippen molar-refractivity contribution >= 4 is 5.78 Å². The van der Waals surface area contributed by atoms with Crippen LogP contribution >= 0.6 is 0 Å². The van der Waals surface area contributed by atoms with Crippen LogP contribution in [0.1, 0.15) is 59.3 Å². The molecule has 136 valence electrons. The minimum Gasteiger partial charge on any atom is -0.396 e. The predicted molar refractivity (Wildman–Crippen MR) is 92.3 cm³/mol. The average molecular weight is 336 g/mol. The van der Waals surface area contributed by atoms with Crippen LogP contribution < -0.4 is 0 Å². The summed E-state index contributed by atoms with van der Waals surface area (Å²) in [7, 11) is 0. The Labute approximate surface area is 145 Å². The Morgan fingerprint density at radius 1 is 1.21 bits per heavy atom. The predicted octanol–water partition coefficient (Wildman–Crippen LogP) is 2.46. The molecular weight excluding hydrogens is 304 g/mol. The van der Waals surface area contributed by atoms with Crippen LogP contribution in [0.4, 0.5) is 0 Å². The zero-order chi connectivity index (χ0) is 17.8. The van der Waals surface area contributed by atoms with Crippen molar-refractivity contribution in [1.82, 2.24) is 0 Å². The van der Waals surface area contributed by atoms with E-state index in [1.807, 2.05) is 6.92 Å². The maximum atomic E-state index is 12.5. The fourth-order valence-electron chi connectivity index (χ4n) is 6.21. The first kappa shape index (κ1) is 18.1. The molecule has 0 aromatic rings. The number of carbonyl (C=O) groups excluding carboxylic acids is 1. The lowest BCUT2D eigenvalue weighted by Crippen LogP contribution is -2.55. The molecule has 0 aromatic carbocycles. The monoisotopic (exact) mass is 336 g/mol. The number of ketones is 1. The molecule has 24 heavy (non-hydrogen) atoms. The third-order valence-electron chi connectivity index (χ3n) is 7.56. The molecule has 0 spiro atoms. The van der Waals surface area contributed by atoms with E-state index in [9.17, 15) is 20.1 Å². The molecule has 2 saturated carbocycles. The fourth-order valence-corrected chi connectivity index (χ4v) is 6.21. The van der Waals surface area contributed by atoms with Gasteiger partial charge in [-0.3, -0.25) is 4.79 Å². The van der Waals surface area contributed by atoms with Crippen LogP contribution in [0.3, 0.4) is 0 Å². The van der Waals surface area contributed by atoms with Gasteiger partial charge in [0.1, 0.15) is 5.78 Å². The fraction of sp³-hybridized carbons (Fsp3) is 0.850. The van der Waals surface area contributed by atoms with Crippen molar-refractivity contribution in [2.45, 2.75) is 65.4 Å². The molecule has 3 aliphatic rings. The molecule has 6 atom stereocenters. The smallest absolute Gasteiger partial charge is 0.134 e. The van der Waals surface area contributed by atoms with E-state index in [1.165, 1.54) is 5.57 Å². The van der Waals surface area contributed by atoms with E-state index in [1.54, 1.807) is 0 Å². The van der Waals surface area contributed by atoms with Crippen LogP contribution in [0.25, 0.3) is 0 Å². The summed E-state index contributed by atoms with van der Waals surface area (Å²) in [6, 6.07) is 0. The third-order valence-corrected chi connectivity index (χ3v) is 7.56. The van der Waals surface area contributed by atoms with Crippen LogP contribution in [0, 0.1) is 28.1 Å². The number of carbonyl (C=O) groups is 1. The lowest BCUT2D eigenvalue weighted by atomic mass is 9.45. The van der Waals surface area contributed by atoms with Gasteiger partial charge in [-0.2, -0.15) is 0 Å². The summed E-state index contributed by atoms with van der Waals surface area (Å²) in [5, 5.41) is 29.6. The average Bonchev–Trinajstić information content (AvgIpc) is 2.52. The molecule has 2 fully saturated rings. The molecule has 4 heteroatoms. The van der Waals surface area contributed by atoms with E-state index >= 15 is 0 Å². The van der Waals surface area contributed by atoms with Gasteiger partial charge in [0.2, 0.25) is 0 Å². The number of rotatable bonds is 3. The van der Waals surface area contributed by atoms with E-state index in [-0.39, 0.29) is 35.2 Å². The lowest BCUT2D eigenvalue weighted by Gasteiger charge is -2.59. The highest BCUT2D eigenvalue weighted by Gasteiger charge is 2.58. The summed E-state index contributed by atoms with van der Waals surface area (Å²) >= 11 is 0. The second kappa shape index (κ2) is 5.93. The maximum Gasteiger partial charge on any atom is 0.134 e. The Morgan fingerprint density at radius 3 is 2.54 bits per heavy atom. The standard InChI is InChI=1S/C20H32O4/c1-18(17(24)11-21)7-6-15-13(8-18)4-5-16-19(2,12-22)9-14(23)10-20(15,16)3/h8,15-17,21-22,24H,4-7,9-12H2,1-3H3/t15-,16-,17-,18+,19-,20+/m1/s1. The molecule has 0 aromatic heterocycles. The number of fused-ring (bicyclic) bond motifs is 3. The number of Topliss-reactive ketones (excluding diaryl/α,β-unsaturated/α-hetero) is 1. The number of hydrogen-bond acceptors (Lipinski definition) is 4. The molecule has 3 rings (SSSR count). The number of aliphatic hydroxyl groups excluding tert-OH is 3. The molecule has 4 nitrogen and oxygen atoms in total. The SMILES string of the molecule is C[C@]1(CO)CC(=O)C[C@@]2(C)[C@@H]3CC[C@](C)([C@H](O)CO)C=C3CC[C@H]12. The van der Waals surface area contributed by atoms with Crippen molar-refractivity contribution in [2.75, 3.05) is 13.2 Å². The van der Waals surface area contributed by atoms with Crippen LogP contribution in [0.15, 0.2) is 11.6 Å². The summed E-state index contributed by atoms with van der Waals surface area (Å²) in [5.41, 5.74) is 0.580. The summed E-state index contributed by atoms with van der Waals surface area (Å²) in [4.78, 5) is 12.5. The Bertz CT molecular complexity index is 556. The highest BCUT2D eigenvalue weighted by atomic mass is 16.3. The molecule has 0 amide bonds. The van der Waals surface area contributed by atoms with Gasteiger partial charge < -0.3 is 15.3 Å². The summed E-state index contributed by atoms with van der Waals surface area (Å²) in [6.45, 7) is 6.20. The zero-order valence-corrected chi connectivity index (χ0v) is 15.2. The van der Waals surface area contributed by atoms with Crippen molar-refractivity contribution in [3.05, 3.63) is 11.6 Å². The van der Waals surface area contributed by atoms with Gasteiger partial charge in [-0.15, -0.1) is 0 Å². The van der Waals surface area contributed by atoms with Crippen LogP contribution in [0.5, 0.6) is 0 Å². The van der Waals surface area contributed by atoms with E-state index in [4.69, 9.17) is 0 Å². The first-order valence-corrected chi connectivity index (χ1v) is 9.32. The van der Waals surface area contributed by atoms with Gasteiger partial charge in [0.05, 0.1) is 12.7 Å². The molecule has 0 unspecified atom stereocenters. The largest absolute Gasteiger partial charge is 0.396 e. The first-order chi connectivity index (χ1) is 11.2. The Morgan fingerprint density at radius 2 is 1.92 bits per heavy atom. The quantitative estimate of drug-likeness (QED) is 0.692. The van der Waals surface area contributed by atoms with Gasteiger partial charge in [0.25, 0.3) is 0 Å². The van der Waals surface area contributed by atoms with Gasteiger partial charge in [-0.1, -0.05) is 32.4 Å². The summed E-state index contributed by atoms with van der Waals surface area (Å²) < 4.78 is 0. The zero-order valence-electron chi connectivity index (χ0n) is 15.2. The van der Waals surface area contributed by atoms with Crippen LogP contribution in [-0.2, 0) is 4.79 Å². The van der Waals surface area contributed by atoms with Crippen LogP contribution in [-0.4, -0.2) is 40.4 Å². The Hall–Kier alpha value is -0.710. The minimum atomic E-state index is -0.729. The van der Waals surface area contributed by atoms with E-state index in [0.717, 1.165) is 25.7 Å². The molecule has 0 bridgehead atoms. The summed E-state index contributed by atoms with van der Waals surface area (Å²) in [6.07, 6.45) is 6.31. The molecule has 3 aliphatic carbocycles. The molecule has 0 saturated heterocycles. The molecule has 0 radical (unpaired) electrons. The molecular formula is C20H32O4. The topological polar surface area (TPSA) is 77.8 Å². The van der Waals surface area contributed by atoms with Crippen molar-refractivity contribution in [3.8, 4) is 0 Å².